The van der Waals surface area contributed by atoms with Gasteiger partial charge >= 0.3 is 0 Å². The van der Waals surface area contributed by atoms with Gasteiger partial charge in [-0.3, -0.25) is 4.99 Å². The van der Waals surface area contributed by atoms with Gasteiger partial charge in [0.1, 0.15) is 5.82 Å². The van der Waals surface area contributed by atoms with Crippen molar-refractivity contribution in [2.45, 2.75) is 12.8 Å². The van der Waals surface area contributed by atoms with Gasteiger partial charge in [-0.15, -0.1) is 11.3 Å². The third kappa shape index (κ3) is 4.32. The average Bonchev–Trinajstić information content (AvgIpc) is 3.22. The lowest BCUT2D eigenvalue weighted by Gasteiger charge is -2.10. The third-order valence-electron chi connectivity index (χ3n) is 3.56. The summed E-state index contributed by atoms with van der Waals surface area (Å²) in [5, 5.41) is 8.77. The number of H-pyrrole nitrogens is 1. The van der Waals surface area contributed by atoms with Gasteiger partial charge in [-0.2, -0.15) is 0 Å². The third-order valence-corrected chi connectivity index (χ3v) is 4.50. The quantitative estimate of drug-likeness (QED) is 0.481. The normalized spacial score (nSPS) is 11.8. The summed E-state index contributed by atoms with van der Waals surface area (Å²) in [5.74, 6) is 1.82. The van der Waals surface area contributed by atoms with E-state index in [1.807, 2.05) is 24.3 Å². The second-order valence-corrected chi connectivity index (χ2v) is 6.24. The Balaban J connectivity index is 1.42. The van der Waals surface area contributed by atoms with Gasteiger partial charge in [0.05, 0.1) is 11.0 Å². The van der Waals surface area contributed by atoms with Crippen LogP contribution in [0.4, 0.5) is 0 Å². The Morgan fingerprint density at radius 1 is 1.13 bits per heavy atom. The largest absolute Gasteiger partial charge is 0.356 e. The van der Waals surface area contributed by atoms with E-state index in [2.05, 4.69) is 43.1 Å². The second kappa shape index (κ2) is 7.78. The van der Waals surface area contributed by atoms with Gasteiger partial charge in [-0.05, 0) is 30.0 Å². The van der Waals surface area contributed by atoms with Gasteiger partial charge in [0.25, 0.3) is 0 Å². The number of aromatic amines is 1. The Kier molecular flexibility index (Phi) is 5.26. The van der Waals surface area contributed by atoms with Crippen molar-refractivity contribution in [3.8, 4) is 0 Å². The molecule has 0 saturated heterocycles. The van der Waals surface area contributed by atoms with E-state index in [-0.39, 0.29) is 0 Å². The molecule has 0 amide bonds. The van der Waals surface area contributed by atoms with Crippen LogP contribution in [0.1, 0.15) is 10.7 Å². The number of fused-ring (bicyclic) bond motifs is 1. The van der Waals surface area contributed by atoms with Crippen molar-refractivity contribution < 1.29 is 0 Å². The van der Waals surface area contributed by atoms with Crippen molar-refractivity contribution in [3.05, 3.63) is 52.5 Å². The molecule has 0 aliphatic heterocycles. The molecule has 0 spiro atoms. The molecule has 0 bridgehead atoms. The molecule has 0 radical (unpaired) electrons. The van der Waals surface area contributed by atoms with Gasteiger partial charge in [0.2, 0.25) is 0 Å². The Labute approximate surface area is 139 Å². The van der Waals surface area contributed by atoms with Crippen LogP contribution in [0.3, 0.4) is 0 Å². The summed E-state index contributed by atoms with van der Waals surface area (Å²) in [4.78, 5) is 13.5. The number of aliphatic imine (C=N–C) groups is 1. The fraction of sp³-hybridized carbons (Fsp3) is 0.294. The number of thiophene rings is 1. The number of nitrogens with zero attached hydrogens (tertiary/aromatic N) is 2. The first-order valence-electron chi connectivity index (χ1n) is 7.75. The van der Waals surface area contributed by atoms with Crippen molar-refractivity contribution >= 4 is 28.3 Å². The monoisotopic (exact) mass is 327 g/mol. The first-order chi connectivity index (χ1) is 11.3. The first kappa shape index (κ1) is 15.6. The van der Waals surface area contributed by atoms with Crippen molar-refractivity contribution in [2.75, 3.05) is 20.1 Å². The summed E-state index contributed by atoms with van der Waals surface area (Å²) >= 11 is 1.79. The molecule has 3 rings (SSSR count). The molecule has 0 unspecified atom stereocenters. The van der Waals surface area contributed by atoms with Crippen LogP contribution in [0.15, 0.2) is 46.8 Å². The maximum absolute atomic E-state index is 4.58. The Morgan fingerprint density at radius 2 is 1.96 bits per heavy atom. The van der Waals surface area contributed by atoms with Crippen molar-refractivity contribution in [3.63, 3.8) is 0 Å². The van der Waals surface area contributed by atoms with Gasteiger partial charge in [0.15, 0.2) is 5.96 Å². The molecule has 6 heteroatoms. The minimum atomic E-state index is 0.790. The highest BCUT2D eigenvalue weighted by Gasteiger charge is 2.03. The molecular weight excluding hydrogens is 306 g/mol. The lowest BCUT2D eigenvalue weighted by molar-refractivity contribution is 0.772. The Bertz CT molecular complexity index is 727. The van der Waals surface area contributed by atoms with Crippen LogP contribution < -0.4 is 10.6 Å². The minimum absolute atomic E-state index is 0.790. The standard InChI is InChI=1S/C17H21N5S/c1-18-17(19-10-8-13-5-4-12-23-13)20-11-9-16-21-14-6-2-3-7-15(14)22-16/h2-7,12H,8-11H2,1H3,(H,21,22)(H2,18,19,20). The molecule has 3 aromatic rings. The number of hydrogen-bond donors (Lipinski definition) is 3. The number of nitrogens with one attached hydrogen (secondary N) is 3. The molecule has 0 saturated carbocycles. The topological polar surface area (TPSA) is 65.1 Å². The highest BCUT2D eigenvalue weighted by Crippen LogP contribution is 2.10. The van der Waals surface area contributed by atoms with Crippen LogP contribution in [0.25, 0.3) is 11.0 Å². The van der Waals surface area contributed by atoms with Gasteiger partial charge in [-0.1, -0.05) is 18.2 Å². The maximum Gasteiger partial charge on any atom is 0.191 e. The molecule has 2 heterocycles. The van der Waals surface area contributed by atoms with E-state index in [0.29, 0.717) is 0 Å². The van der Waals surface area contributed by atoms with Crippen LogP contribution >= 0.6 is 11.3 Å². The van der Waals surface area contributed by atoms with Crippen molar-refractivity contribution in [1.82, 2.24) is 20.6 Å². The number of para-hydroxylation sites is 2. The van der Waals surface area contributed by atoms with E-state index in [0.717, 1.165) is 48.7 Å². The molecule has 0 fully saturated rings. The summed E-state index contributed by atoms with van der Waals surface area (Å²) in [7, 11) is 1.79. The molecule has 5 nitrogen and oxygen atoms in total. The summed E-state index contributed by atoms with van der Waals surface area (Å²) in [6, 6.07) is 12.3. The molecule has 120 valence electrons. The molecule has 1 aromatic carbocycles. The molecule has 3 N–H and O–H groups in total. The molecule has 0 atom stereocenters. The summed E-state index contributed by atoms with van der Waals surface area (Å²) in [6.07, 6.45) is 1.85. The van der Waals surface area contributed by atoms with E-state index < -0.39 is 0 Å². The number of benzene rings is 1. The van der Waals surface area contributed by atoms with Crippen LogP contribution in [0.5, 0.6) is 0 Å². The van der Waals surface area contributed by atoms with Crippen molar-refractivity contribution in [1.29, 1.82) is 0 Å². The summed E-state index contributed by atoms with van der Waals surface area (Å²) in [6.45, 7) is 1.67. The van der Waals surface area contributed by atoms with E-state index in [1.165, 1.54) is 4.88 Å². The number of guanidine groups is 1. The fourth-order valence-electron chi connectivity index (χ4n) is 2.40. The van der Waals surface area contributed by atoms with Crippen LogP contribution in [0, 0.1) is 0 Å². The number of imidazole rings is 1. The fourth-order valence-corrected chi connectivity index (χ4v) is 3.11. The van der Waals surface area contributed by atoms with Crippen LogP contribution in [0.2, 0.25) is 0 Å². The van der Waals surface area contributed by atoms with Gasteiger partial charge in [-0.25, -0.2) is 4.98 Å². The lowest BCUT2D eigenvalue weighted by atomic mass is 10.3. The summed E-state index contributed by atoms with van der Waals surface area (Å²) in [5.41, 5.74) is 2.10. The predicted octanol–water partition coefficient (Wildman–Crippen LogP) is 2.57. The lowest BCUT2D eigenvalue weighted by Crippen LogP contribution is -2.39. The number of rotatable bonds is 6. The minimum Gasteiger partial charge on any atom is -0.356 e. The Hall–Kier alpha value is -2.34. The average molecular weight is 327 g/mol. The van der Waals surface area contributed by atoms with Crippen molar-refractivity contribution in [2.24, 2.45) is 4.99 Å². The van der Waals surface area contributed by atoms with E-state index >= 15 is 0 Å². The zero-order valence-electron chi connectivity index (χ0n) is 13.2. The zero-order chi connectivity index (χ0) is 15.9. The van der Waals surface area contributed by atoms with Crippen LogP contribution in [-0.4, -0.2) is 36.1 Å². The summed E-state index contributed by atoms with van der Waals surface area (Å²) < 4.78 is 0. The number of aromatic nitrogens is 2. The predicted molar refractivity (Wildman–Crippen MR) is 97.2 cm³/mol. The van der Waals surface area contributed by atoms with Gasteiger partial charge < -0.3 is 15.6 Å². The van der Waals surface area contributed by atoms with E-state index in [4.69, 9.17) is 0 Å². The molecule has 23 heavy (non-hydrogen) atoms. The Morgan fingerprint density at radius 3 is 2.70 bits per heavy atom. The van der Waals surface area contributed by atoms with E-state index in [9.17, 15) is 0 Å². The molecule has 0 aliphatic carbocycles. The van der Waals surface area contributed by atoms with Gasteiger partial charge in [0, 0.05) is 31.4 Å². The maximum atomic E-state index is 4.58. The smallest absolute Gasteiger partial charge is 0.191 e. The zero-order valence-corrected chi connectivity index (χ0v) is 14.0. The molecule has 2 aromatic heterocycles. The van der Waals surface area contributed by atoms with E-state index in [1.54, 1.807) is 18.4 Å². The number of hydrogen-bond acceptors (Lipinski definition) is 3. The SMILES string of the molecule is CN=C(NCCc1nc2ccccc2[nH]1)NCCc1cccs1. The first-order valence-corrected chi connectivity index (χ1v) is 8.63. The second-order valence-electron chi connectivity index (χ2n) is 5.21. The highest BCUT2D eigenvalue weighted by atomic mass is 32.1. The van der Waals surface area contributed by atoms with Crippen LogP contribution in [-0.2, 0) is 12.8 Å². The highest BCUT2D eigenvalue weighted by molar-refractivity contribution is 7.09. The molecular formula is C17H21N5S. The molecule has 0 aliphatic rings.